The summed E-state index contributed by atoms with van der Waals surface area (Å²) in [5.41, 5.74) is -0.920. The molecule has 1 aromatic heterocycles. The maximum atomic E-state index is 13.3. The topological polar surface area (TPSA) is 107 Å². The van der Waals surface area contributed by atoms with E-state index in [-0.39, 0.29) is 11.4 Å². The van der Waals surface area contributed by atoms with Crippen LogP contribution in [0.3, 0.4) is 0 Å². The van der Waals surface area contributed by atoms with E-state index in [2.05, 4.69) is 20.8 Å². The Labute approximate surface area is 202 Å². The number of aromatic amines is 1. The lowest BCUT2D eigenvalue weighted by molar-refractivity contribution is -0.137. The summed E-state index contributed by atoms with van der Waals surface area (Å²) < 4.78 is 65.2. The first-order valence-electron chi connectivity index (χ1n) is 10.7. The van der Waals surface area contributed by atoms with E-state index in [1.807, 2.05) is 0 Å². The van der Waals surface area contributed by atoms with E-state index in [1.54, 1.807) is 13.8 Å². The molecule has 3 aromatic rings. The van der Waals surface area contributed by atoms with Gasteiger partial charge in [-0.1, -0.05) is 26.0 Å². The van der Waals surface area contributed by atoms with Gasteiger partial charge in [0, 0.05) is 17.5 Å². The van der Waals surface area contributed by atoms with Crippen molar-refractivity contribution < 1.29 is 36.6 Å². The summed E-state index contributed by atoms with van der Waals surface area (Å²) in [6.07, 6.45) is -6.36. The minimum atomic E-state index is -4.46. The molecule has 0 unspecified atom stereocenters. The minimum Gasteiger partial charge on any atom is -0.378 e. The van der Waals surface area contributed by atoms with Crippen LogP contribution in [0.15, 0.2) is 48.5 Å². The highest BCUT2D eigenvalue weighted by molar-refractivity contribution is 5.97. The molecule has 0 saturated heterocycles. The molecule has 3 rings (SSSR count). The van der Waals surface area contributed by atoms with Gasteiger partial charge >= 0.3 is 6.18 Å². The number of benzene rings is 2. The van der Waals surface area contributed by atoms with Gasteiger partial charge in [-0.2, -0.15) is 18.3 Å². The number of rotatable bonds is 7. The molecule has 4 N–H and O–H groups in total. The number of nitrogens with zero attached hydrogens (tertiary/aromatic N) is 1. The van der Waals surface area contributed by atoms with Crippen molar-refractivity contribution in [2.24, 2.45) is 0 Å². The minimum absolute atomic E-state index is 0.156. The number of aromatic nitrogens is 2. The molecule has 0 spiro atoms. The summed E-state index contributed by atoms with van der Waals surface area (Å²) in [5.74, 6) is -3.53. The second kappa shape index (κ2) is 10.1. The van der Waals surface area contributed by atoms with Gasteiger partial charge in [-0.15, -0.1) is 0 Å². The number of hydrogen-bond acceptors (Lipinski definition) is 4. The Bertz CT molecular complexity index is 1240. The number of H-pyrrole nitrogens is 1. The Kier molecular flexibility index (Phi) is 7.48. The normalized spacial score (nSPS) is 13.7. The molecule has 0 saturated carbocycles. The average molecular weight is 510 g/mol. The number of carbonyl (C=O) groups is 2. The maximum Gasteiger partial charge on any atom is 0.416 e. The molecule has 12 heteroatoms. The molecular weight excluding hydrogens is 487 g/mol. The highest BCUT2D eigenvalue weighted by Crippen LogP contribution is 2.34. The van der Waals surface area contributed by atoms with E-state index in [9.17, 15) is 36.6 Å². The summed E-state index contributed by atoms with van der Waals surface area (Å²) in [7, 11) is 0. The van der Waals surface area contributed by atoms with E-state index in [0.29, 0.717) is 17.3 Å². The van der Waals surface area contributed by atoms with E-state index in [1.165, 1.54) is 25.1 Å². The highest BCUT2D eigenvalue weighted by atomic mass is 19.4. The number of halogens is 5. The van der Waals surface area contributed by atoms with Crippen LogP contribution in [0.4, 0.5) is 27.8 Å². The molecule has 0 fully saturated rings. The van der Waals surface area contributed by atoms with Crippen LogP contribution in [0, 0.1) is 11.6 Å². The first-order valence-corrected chi connectivity index (χ1v) is 10.7. The van der Waals surface area contributed by atoms with Crippen LogP contribution in [0.1, 0.15) is 49.3 Å². The van der Waals surface area contributed by atoms with Crippen molar-refractivity contribution in [1.82, 2.24) is 15.5 Å². The molecule has 0 radical (unpaired) electrons. The molecule has 0 bridgehead atoms. The van der Waals surface area contributed by atoms with Crippen molar-refractivity contribution in [3.05, 3.63) is 82.5 Å². The zero-order valence-electron chi connectivity index (χ0n) is 19.4. The lowest BCUT2D eigenvalue weighted by Gasteiger charge is -2.23. The molecule has 2 aromatic carbocycles. The van der Waals surface area contributed by atoms with Crippen LogP contribution < -0.4 is 10.6 Å². The fraction of sp³-hybridized carbons (Fsp3) is 0.292. The molecule has 0 aliphatic rings. The number of hydrogen-bond donors (Lipinski definition) is 4. The van der Waals surface area contributed by atoms with Gasteiger partial charge in [0.1, 0.15) is 23.5 Å². The number of alkyl halides is 3. The molecule has 2 atom stereocenters. The number of aliphatic hydroxyl groups excluding tert-OH is 1. The van der Waals surface area contributed by atoms with Gasteiger partial charge in [-0.25, -0.2) is 8.78 Å². The first-order chi connectivity index (χ1) is 16.7. The van der Waals surface area contributed by atoms with Crippen LogP contribution in [-0.4, -0.2) is 33.2 Å². The Balaban J connectivity index is 1.65. The van der Waals surface area contributed by atoms with Crippen LogP contribution in [0.5, 0.6) is 0 Å². The Morgan fingerprint density at radius 2 is 1.50 bits per heavy atom. The van der Waals surface area contributed by atoms with E-state index < -0.39 is 52.7 Å². The summed E-state index contributed by atoms with van der Waals surface area (Å²) in [6, 6.07) is 7.17. The highest BCUT2D eigenvalue weighted by Gasteiger charge is 2.32. The van der Waals surface area contributed by atoms with Crippen LogP contribution in [-0.2, 0) is 21.2 Å². The van der Waals surface area contributed by atoms with Crippen molar-refractivity contribution >= 4 is 17.6 Å². The number of nitrogens with one attached hydrogen (secondary N) is 3. The fourth-order valence-corrected chi connectivity index (χ4v) is 3.41. The standard InChI is InChI=1S/C24H23F5N4O3/c1-12(30-22(36)20(34)13-8-16(25)10-17(26)9-13)21(35)31-19-11-18(32-33-19)23(2,3)14-4-6-15(7-5-14)24(27,28)29/h4-12,20,34H,1-3H3,(H,30,36)(H2,31,32,33,35)/t12-,20-/m0/s1. The van der Waals surface area contributed by atoms with Crippen molar-refractivity contribution in [3.63, 3.8) is 0 Å². The van der Waals surface area contributed by atoms with Gasteiger partial charge in [0.25, 0.3) is 5.91 Å². The number of amides is 2. The van der Waals surface area contributed by atoms with Crippen LogP contribution >= 0.6 is 0 Å². The average Bonchev–Trinajstić information content (AvgIpc) is 3.26. The predicted molar refractivity (Wildman–Crippen MR) is 120 cm³/mol. The van der Waals surface area contributed by atoms with Gasteiger partial charge < -0.3 is 15.7 Å². The molecule has 0 aliphatic heterocycles. The van der Waals surface area contributed by atoms with E-state index >= 15 is 0 Å². The Hall–Kier alpha value is -3.80. The summed E-state index contributed by atoms with van der Waals surface area (Å²) in [5, 5.41) is 21.5. The quantitative estimate of drug-likeness (QED) is 0.357. The maximum absolute atomic E-state index is 13.3. The zero-order valence-corrected chi connectivity index (χ0v) is 19.4. The summed E-state index contributed by atoms with van der Waals surface area (Å²) >= 11 is 0. The summed E-state index contributed by atoms with van der Waals surface area (Å²) in [4.78, 5) is 24.7. The van der Waals surface area contributed by atoms with Crippen molar-refractivity contribution in [3.8, 4) is 0 Å². The number of aliphatic hydroxyl groups is 1. The van der Waals surface area contributed by atoms with E-state index in [4.69, 9.17) is 0 Å². The van der Waals surface area contributed by atoms with Gasteiger partial charge in [-0.05, 0) is 42.3 Å². The van der Waals surface area contributed by atoms with Crippen molar-refractivity contribution in [2.75, 3.05) is 5.32 Å². The predicted octanol–water partition coefficient (Wildman–Crippen LogP) is 4.21. The third kappa shape index (κ3) is 6.06. The van der Waals surface area contributed by atoms with Gasteiger partial charge in [0.15, 0.2) is 6.10 Å². The van der Waals surface area contributed by atoms with Crippen LogP contribution in [0.2, 0.25) is 0 Å². The smallest absolute Gasteiger partial charge is 0.378 e. The molecular formula is C24H23F5N4O3. The molecule has 7 nitrogen and oxygen atoms in total. The third-order valence-corrected chi connectivity index (χ3v) is 5.61. The summed E-state index contributed by atoms with van der Waals surface area (Å²) in [6.45, 7) is 4.82. The lowest BCUT2D eigenvalue weighted by atomic mass is 9.81. The SMILES string of the molecule is C[C@H](NC(=O)[C@@H](O)c1cc(F)cc(F)c1)C(=O)Nc1cc(C(C)(C)c2ccc(C(F)(F)F)cc2)n[nH]1. The molecule has 36 heavy (non-hydrogen) atoms. The lowest BCUT2D eigenvalue weighted by Crippen LogP contribution is -2.43. The van der Waals surface area contributed by atoms with Gasteiger partial charge in [0.2, 0.25) is 5.91 Å². The third-order valence-electron chi connectivity index (χ3n) is 5.61. The second-order valence-corrected chi connectivity index (χ2v) is 8.69. The largest absolute Gasteiger partial charge is 0.416 e. The Morgan fingerprint density at radius 3 is 2.06 bits per heavy atom. The number of anilines is 1. The fourth-order valence-electron chi connectivity index (χ4n) is 3.41. The van der Waals surface area contributed by atoms with E-state index in [0.717, 1.165) is 24.3 Å². The monoisotopic (exact) mass is 510 g/mol. The molecule has 1 heterocycles. The second-order valence-electron chi connectivity index (χ2n) is 8.69. The molecule has 2 amide bonds. The Morgan fingerprint density at radius 1 is 0.944 bits per heavy atom. The zero-order chi connectivity index (χ0) is 26.8. The van der Waals surface area contributed by atoms with Crippen LogP contribution in [0.25, 0.3) is 0 Å². The van der Waals surface area contributed by atoms with Gasteiger partial charge in [-0.3, -0.25) is 14.7 Å². The molecule has 0 aliphatic carbocycles. The van der Waals surface area contributed by atoms with Crippen molar-refractivity contribution in [2.45, 2.75) is 44.5 Å². The molecule has 192 valence electrons. The first kappa shape index (κ1) is 26.8. The van der Waals surface area contributed by atoms with Gasteiger partial charge in [0.05, 0.1) is 11.3 Å². The van der Waals surface area contributed by atoms with Crippen molar-refractivity contribution in [1.29, 1.82) is 0 Å². The number of carbonyl (C=O) groups excluding carboxylic acids is 2.